The minimum atomic E-state index is 0.538. The highest BCUT2D eigenvalue weighted by Gasteiger charge is 2.14. The Morgan fingerprint density at radius 1 is 1.10 bits per heavy atom. The Kier molecular flexibility index (Phi) is 3.16. The average molecular weight is 280 g/mol. The summed E-state index contributed by atoms with van der Waals surface area (Å²) in [5.74, 6) is 1.94. The van der Waals surface area contributed by atoms with E-state index in [4.69, 9.17) is 14.7 Å². The number of methoxy groups -OCH3 is 2. The monoisotopic (exact) mass is 280 g/mol. The van der Waals surface area contributed by atoms with Crippen LogP contribution in [0.3, 0.4) is 0 Å². The van der Waals surface area contributed by atoms with Crippen molar-refractivity contribution in [3.8, 4) is 29.0 Å². The molecule has 0 radical (unpaired) electrons. The first-order chi connectivity index (χ1) is 10.3. The van der Waals surface area contributed by atoms with E-state index < -0.39 is 0 Å². The molecule has 1 aromatic carbocycles. The lowest BCUT2D eigenvalue weighted by atomic mass is 10.1. The van der Waals surface area contributed by atoms with E-state index in [0.29, 0.717) is 28.5 Å². The Labute approximate surface area is 121 Å². The van der Waals surface area contributed by atoms with Crippen LogP contribution in [0.5, 0.6) is 11.5 Å². The molecule has 6 nitrogen and oxygen atoms in total. The normalized spacial score (nSPS) is 10.3. The molecule has 21 heavy (non-hydrogen) atoms. The van der Waals surface area contributed by atoms with Gasteiger partial charge in [0, 0.05) is 12.3 Å². The molecule has 104 valence electrons. The van der Waals surface area contributed by atoms with E-state index in [-0.39, 0.29) is 0 Å². The highest BCUT2D eigenvalue weighted by Crippen LogP contribution is 2.32. The molecule has 0 spiro atoms. The zero-order valence-corrected chi connectivity index (χ0v) is 11.6. The molecule has 0 aliphatic heterocycles. The number of fused-ring (bicyclic) bond motifs is 1. The van der Waals surface area contributed by atoms with Crippen molar-refractivity contribution in [3.05, 3.63) is 42.1 Å². The highest BCUT2D eigenvalue weighted by atomic mass is 16.5. The van der Waals surface area contributed by atoms with Gasteiger partial charge in [-0.1, -0.05) is 0 Å². The first kappa shape index (κ1) is 12.9. The van der Waals surface area contributed by atoms with Crippen molar-refractivity contribution < 1.29 is 9.47 Å². The lowest BCUT2D eigenvalue weighted by Gasteiger charge is -2.09. The third kappa shape index (κ3) is 2.15. The molecule has 2 heterocycles. The highest BCUT2D eigenvalue weighted by molar-refractivity contribution is 5.68. The van der Waals surface area contributed by atoms with Crippen LogP contribution in [0.2, 0.25) is 0 Å². The van der Waals surface area contributed by atoms with E-state index in [2.05, 4.69) is 16.3 Å². The maximum atomic E-state index is 9.02. The average Bonchev–Trinajstić information content (AvgIpc) is 2.96. The molecule has 0 saturated heterocycles. The van der Waals surface area contributed by atoms with Crippen LogP contribution in [-0.4, -0.2) is 28.8 Å². The van der Waals surface area contributed by atoms with Crippen LogP contribution >= 0.6 is 0 Å². The zero-order valence-electron chi connectivity index (χ0n) is 11.6. The molecule has 0 saturated carbocycles. The van der Waals surface area contributed by atoms with Crippen molar-refractivity contribution >= 4 is 5.65 Å². The summed E-state index contributed by atoms with van der Waals surface area (Å²) < 4.78 is 12.3. The van der Waals surface area contributed by atoms with E-state index in [1.54, 1.807) is 43.0 Å². The molecule has 0 unspecified atom stereocenters. The summed E-state index contributed by atoms with van der Waals surface area (Å²) in [6.45, 7) is 0. The fourth-order valence-electron chi connectivity index (χ4n) is 2.12. The second-order valence-corrected chi connectivity index (χ2v) is 4.35. The Morgan fingerprint density at radius 2 is 1.95 bits per heavy atom. The van der Waals surface area contributed by atoms with Crippen LogP contribution in [0, 0.1) is 11.3 Å². The van der Waals surface area contributed by atoms with Crippen molar-refractivity contribution in [2.24, 2.45) is 0 Å². The fourth-order valence-corrected chi connectivity index (χ4v) is 2.12. The van der Waals surface area contributed by atoms with Crippen molar-refractivity contribution in [1.29, 1.82) is 5.26 Å². The summed E-state index contributed by atoms with van der Waals surface area (Å²) in [5, 5.41) is 17.3. The number of aromatic nitrogens is 3. The third-order valence-corrected chi connectivity index (χ3v) is 3.18. The molecule has 0 bridgehead atoms. The minimum Gasteiger partial charge on any atom is -0.497 e. The van der Waals surface area contributed by atoms with Crippen molar-refractivity contribution in [3.63, 3.8) is 0 Å². The van der Waals surface area contributed by atoms with Gasteiger partial charge in [-0.25, -0.2) is 0 Å². The summed E-state index contributed by atoms with van der Waals surface area (Å²) in [6, 6.07) is 11.0. The largest absolute Gasteiger partial charge is 0.497 e. The first-order valence-corrected chi connectivity index (χ1v) is 6.24. The minimum absolute atomic E-state index is 0.538. The molecule has 0 aliphatic carbocycles. The zero-order chi connectivity index (χ0) is 14.8. The van der Waals surface area contributed by atoms with Crippen molar-refractivity contribution in [1.82, 2.24) is 14.6 Å². The van der Waals surface area contributed by atoms with E-state index in [1.165, 1.54) is 0 Å². The second-order valence-electron chi connectivity index (χ2n) is 4.35. The Bertz CT molecular complexity index is 848. The molecule has 3 aromatic rings. The standard InChI is InChI=1S/C15H12N4O2/c1-20-11-4-5-12(13(7-11)21-2)15-18-17-14-6-3-10(8-16)9-19(14)15/h3-7,9H,1-2H3. The summed E-state index contributed by atoms with van der Waals surface area (Å²) in [5.41, 5.74) is 1.98. The number of pyridine rings is 1. The number of hydrogen-bond donors (Lipinski definition) is 0. The van der Waals surface area contributed by atoms with Gasteiger partial charge in [0.25, 0.3) is 0 Å². The van der Waals surface area contributed by atoms with Crippen LogP contribution in [-0.2, 0) is 0 Å². The van der Waals surface area contributed by atoms with Gasteiger partial charge < -0.3 is 9.47 Å². The predicted molar refractivity (Wildman–Crippen MR) is 76.2 cm³/mol. The number of nitriles is 1. The van der Waals surface area contributed by atoms with Crippen LogP contribution in [0.25, 0.3) is 17.0 Å². The molecule has 0 N–H and O–H groups in total. The quantitative estimate of drug-likeness (QED) is 0.736. The summed E-state index contributed by atoms with van der Waals surface area (Å²) in [6.07, 6.45) is 1.70. The lowest BCUT2D eigenvalue weighted by molar-refractivity contribution is 0.395. The van der Waals surface area contributed by atoms with Gasteiger partial charge in [-0.3, -0.25) is 4.40 Å². The van der Waals surface area contributed by atoms with Gasteiger partial charge in [0.05, 0.1) is 25.3 Å². The van der Waals surface area contributed by atoms with Gasteiger partial charge in [-0.05, 0) is 24.3 Å². The molecule has 0 amide bonds. The number of nitrogens with zero attached hydrogens (tertiary/aromatic N) is 4. The topological polar surface area (TPSA) is 72.4 Å². The molecule has 0 fully saturated rings. The lowest BCUT2D eigenvalue weighted by Crippen LogP contribution is -1.95. The molecule has 2 aromatic heterocycles. The third-order valence-electron chi connectivity index (χ3n) is 3.18. The number of hydrogen-bond acceptors (Lipinski definition) is 5. The number of ether oxygens (including phenoxy) is 2. The molecular formula is C15H12N4O2. The van der Waals surface area contributed by atoms with Crippen molar-refractivity contribution in [2.45, 2.75) is 0 Å². The molecule has 0 atom stereocenters. The van der Waals surface area contributed by atoms with Crippen LogP contribution in [0.1, 0.15) is 5.56 Å². The van der Waals surface area contributed by atoms with Gasteiger partial charge >= 0.3 is 0 Å². The number of benzene rings is 1. The van der Waals surface area contributed by atoms with Gasteiger partial charge in [0.1, 0.15) is 17.6 Å². The molecule has 6 heteroatoms. The molecule has 0 aliphatic rings. The Morgan fingerprint density at radius 3 is 2.67 bits per heavy atom. The fraction of sp³-hybridized carbons (Fsp3) is 0.133. The summed E-state index contributed by atoms with van der Waals surface area (Å²) in [7, 11) is 3.18. The van der Waals surface area contributed by atoms with E-state index in [9.17, 15) is 0 Å². The number of rotatable bonds is 3. The van der Waals surface area contributed by atoms with Crippen LogP contribution < -0.4 is 9.47 Å². The van der Waals surface area contributed by atoms with Crippen LogP contribution in [0.4, 0.5) is 0 Å². The predicted octanol–water partition coefficient (Wildman–Crippen LogP) is 2.29. The summed E-state index contributed by atoms with van der Waals surface area (Å²) >= 11 is 0. The van der Waals surface area contributed by atoms with Crippen molar-refractivity contribution in [2.75, 3.05) is 14.2 Å². The van der Waals surface area contributed by atoms with Gasteiger partial charge in [-0.15, -0.1) is 10.2 Å². The Balaban J connectivity index is 2.23. The molecule has 3 rings (SSSR count). The first-order valence-electron chi connectivity index (χ1n) is 6.24. The van der Waals surface area contributed by atoms with E-state index in [1.807, 2.05) is 12.1 Å². The Hall–Kier alpha value is -3.07. The van der Waals surface area contributed by atoms with Crippen LogP contribution in [0.15, 0.2) is 36.5 Å². The van der Waals surface area contributed by atoms with Gasteiger partial charge in [-0.2, -0.15) is 5.26 Å². The molecular weight excluding hydrogens is 268 g/mol. The van der Waals surface area contributed by atoms with E-state index in [0.717, 1.165) is 5.56 Å². The van der Waals surface area contributed by atoms with Gasteiger partial charge in [0.2, 0.25) is 0 Å². The van der Waals surface area contributed by atoms with Gasteiger partial charge in [0.15, 0.2) is 11.5 Å². The SMILES string of the molecule is COc1ccc(-c2nnc3ccc(C#N)cn23)c(OC)c1. The maximum Gasteiger partial charge on any atom is 0.172 e. The summed E-state index contributed by atoms with van der Waals surface area (Å²) in [4.78, 5) is 0. The smallest absolute Gasteiger partial charge is 0.172 e. The maximum absolute atomic E-state index is 9.02. The second kappa shape index (κ2) is 5.13. The van der Waals surface area contributed by atoms with E-state index >= 15 is 0 Å².